The molecule has 0 spiro atoms. The smallest absolute Gasteiger partial charge is 0.269 e. The number of nitrogens with zero attached hydrogens (tertiary/aromatic N) is 1. The molecule has 0 radical (unpaired) electrons. The first kappa shape index (κ1) is 15.7. The van der Waals surface area contributed by atoms with Crippen LogP contribution in [-0.2, 0) is 6.61 Å². The second-order valence-electron chi connectivity index (χ2n) is 5.61. The summed E-state index contributed by atoms with van der Waals surface area (Å²) in [6.45, 7) is 2.36. The largest absolute Gasteiger partial charge is 0.489 e. The zero-order chi connectivity index (χ0) is 16.9. The molecule has 0 aliphatic rings. The van der Waals surface area contributed by atoms with Crippen molar-refractivity contribution in [3.05, 3.63) is 94.0 Å². The fourth-order valence-electron chi connectivity index (χ4n) is 2.42. The first-order valence-electron chi connectivity index (χ1n) is 7.65. The highest BCUT2D eigenvalue weighted by Crippen LogP contribution is 2.23. The van der Waals surface area contributed by atoms with Gasteiger partial charge < -0.3 is 4.74 Å². The van der Waals surface area contributed by atoms with E-state index in [0.717, 1.165) is 22.4 Å². The third-order valence-corrected chi connectivity index (χ3v) is 3.77. The van der Waals surface area contributed by atoms with E-state index in [2.05, 4.69) is 31.2 Å². The van der Waals surface area contributed by atoms with Crippen LogP contribution in [0.15, 0.2) is 72.8 Å². The molecule has 3 rings (SSSR count). The van der Waals surface area contributed by atoms with Crippen molar-refractivity contribution in [2.24, 2.45) is 0 Å². The number of nitro groups is 1. The first-order valence-corrected chi connectivity index (χ1v) is 7.65. The average Bonchev–Trinajstić information content (AvgIpc) is 2.61. The van der Waals surface area contributed by atoms with Crippen LogP contribution in [0.25, 0.3) is 11.1 Å². The molecule has 0 bridgehead atoms. The number of hydrogen-bond acceptors (Lipinski definition) is 3. The number of non-ortho nitro benzene ring substituents is 1. The van der Waals surface area contributed by atoms with Crippen molar-refractivity contribution in [1.82, 2.24) is 0 Å². The van der Waals surface area contributed by atoms with Gasteiger partial charge in [0.2, 0.25) is 0 Å². The maximum Gasteiger partial charge on any atom is 0.269 e. The predicted molar refractivity (Wildman–Crippen MR) is 94.0 cm³/mol. The molecule has 0 atom stereocenters. The summed E-state index contributed by atoms with van der Waals surface area (Å²) in [6, 6.07) is 22.7. The van der Waals surface area contributed by atoms with E-state index in [9.17, 15) is 10.1 Å². The van der Waals surface area contributed by atoms with E-state index in [4.69, 9.17) is 4.74 Å². The molecule has 120 valence electrons. The molecule has 0 saturated heterocycles. The van der Waals surface area contributed by atoms with Gasteiger partial charge in [0.15, 0.2) is 0 Å². The molecule has 4 heteroatoms. The van der Waals surface area contributed by atoms with Crippen molar-refractivity contribution in [2.75, 3.05) is 0 Å². The molecule has 4 nitrogen and oxygen atoms in total. The van der Waals surface area contributed by atoms with E-state index in [1.54, 1.807) is 6.07 Å². The van der Waals surface area contributed by atoms with Crippen molar-refractivity contribution in [3.8, 4) is 16.9 Å². The third-order valence-electron chi connectivity index (χ3n) is 3.77. The van der Waals surface area contributed by atoms with Gasteiger partial charge >= 0.3 is 0 Å². The molecule has 0 aliphatic carbocycles. The molecule has 0 fully saturated rings. The quantitative estimate of drug-likeness (QED) is 0.483. The summed E-state index contributed by atoms with van der Waals surface area (Å²) in [5, 5.41) is 10.8. The highest BCUT2D eigenvalue weighted by Gasteiger charge is 2.06. The molecule has 0 unspecified atom stereocenters. The van der Waals surface area contributed by atoms with Gasteiger partial charge in [-0.3, -0.25) is 10.1 Å². The van der Waals surface area contributed by atoms with Crippen LogP contribution < -0.4 is 4.74 Å². The molecule has 0 aliphatic heterocycles. The van der Waals surface area contributed by atoms with Crippen molar-refractivity contribution in [1.29, 1.82) is 0 Å². The molecule has 3 aromatic carbocycles. The fourth-order valence-corrected chi connectivity index (χ4v) is 2.42. The minimum Gasteiger partial charge on any atom is -0.489 e. The topological polar surface area (TPSA) is 52.4 Å². The van der Waals surface area contributed by atoms with E-state index >= 15 is 0 Å². The van der Waals surface area contributed by atoms with Crippen molar-refractivity contribution in [3.63, 3.8) is 0 Å². The van der Waals surface area contributed by atoms with Crippen LogP contribution in [0, 0.1) is 17.0 Å². The first-order chi connectivity index (χ1) is 11.6. The number of hydrogen-bond donors (Lipinski definition) is 0. The van der Waals surface area contributed by atoms with Crippen LogP contribution in [0.5, 0.6) is 5.75 Å². The second kappa shape index (κ2) is 6.96. The molecular weight excluding hydrogens is 302 g/mol. The number of nitro benzene ring substituents is 1. The normalized spacial score (nSPS) is 10.4. The van der Waals surface area contributed by atoms with Gasteiger partial charge in [0.25, 0.3) is 5.69 Å². The number of rotatable bonds is 5. The van der Waals surface area contributed by atoms with E-state index in [0.29, 0.717) is 6.61 Å². The lowest BCUT2D eigenvalue weighted by Crippen LogP contribution is -1.96. The third kappa shape index (κ3) is 3.79. The summed E-state index contributed by atoms with van der Waals surface area (Å²) in [5.41, 5.74) is 4.36. The average molecular weight is 319 g/mol. The number of aryl methyl sites for hydroxylation is 1. The van der Waals surface area contributed by atoms with Crippen LogP contribution >= 0.6 is 0 Å². The molecule has 0 saturated carbocycles. The minimum absolute atomic E-state index is 0.0748. The molecule has 24 heavy (non-hydrogen) atoms. The fraction of sp³-hybridized carbons (Fsp3) is 0.100. The van der Waals surface area contributed by atoms with Gasteiger partial charge in [-0.15, -0.1) is 0 Å². The van der Waals surface area contributed by atoms with Crippen LogP contribution in [-0.4, -0.2) is 4.92 Å². The Kier molecular flexibility index (Phi) is 4.57. The summed E-state index contributed by atoms with van der Waals surface area (Å²) in [6.07, 6.45) is 0. The molecule has 0 N–H and O–H groups in total. The highest BCUT2D eigenvalue weighted by molar-refractivity contribution is 5.64. The highest BCUT2D eigenvalue weighted by atomic mass is 16.6. The Morgan fingerprint density at radius 2 is 1.54 bits per heavy atom. The summed E-state index contributed by atoms with van der Waals surface area (Å²) in [7, 11) is 0. The van der Waals surface area contributed by atoms with Crippen molar-refractivity contribution < 1.29 is 9.66 Å². The van der Waals surface area contributed by atoms with Gasteiger partial charge in [-0.25, -0.2) is 0 Å². The van der Waals surface area contributed by atoms with Crippen LogP contribution in [0.1, 0.15) is 11.1 Å². The zero-order valence-electron chi connectivity index (χ0n) is 13.3. The second-order valence-corrected chi connectivity index (χ2v) is 5.61. The van der Waals surface area contributed by atoms with Gasteiger partial charge in [-0.05, 0) is 35.7 Å². The lowest BCUT2D eigenvalue weighted by molar-refractivity contribution is -0.384. The lowest BCUT2D eigenvalue weighted by Gasteiger charge is -2.08. The molecule has 0 aromatic heterocycles. The Morgan fingerprint density at radius 3 is 2.17 bits per heavy atom. The Labute approximate surface area is 140 Å². The maximum absolute atomic E-state index is 10.8. The SMILES string of the molecule is Cc1ccc(-c2ccc(OCc3cccc([N+](=O)[O-])c3)cc2)cc1. The Morgan fingerprint density at radius 1 is 0.917 bits per heavy atom. The molecular formula is C20H17NO3. The van der Waals surface area contributed by atoms with Crippen LogP contribution in [0.2, 0.25) is 0 Å². The van der Waals surface area contributed by atoms with Crippen molar-refractivity contribution in [2.45, 2.75) is 13.5 Å². The van der Waals surface area contributed by atoms with Crippen LogP contribution in [0.3, 0.4) is 0 Å². The minimum atomic E-state index is -0.403. The monoisotopic (exact) mass is 319 g/mol. The van der Waals surface area contributed by atoms with Crippen LogP contribution in [0.4, 0.5) is 5.69 Å². The van der Waals surface area contributed by atoms with Crippen molar-refractivity contribution >= 4 is 5.69 Å². The number of benzene rings is 3. The lowest BCUT2D eigenvalue weighted by atomic mass is 10.0. The van der Waals surface area contributed by atoms with E-state index in [1.807, 2.05) is 30.3 Å². The standard InChI is InChI=1S/C20H17NO3/c1-15-5-7-17(8-6-15)18-9-11-20(12-10-18)24-14-16-3-2-4-19(13-16)21(22)23/h2-13H,14H2,1H3. The van der Waals surface area contributed by atoms with Gasteiger partial charge in [-0.2, -0.15) is 0 Å². The molecule has 0 amide bonds. The Balaban J connectivity index is 1.67. The zero-order valence-corrected chi connectivity index (χ0v) is 13.3. The summed E-state index contributed by atoms with van der Waals surface area (Å²) < 4.78 is 5.71. The summed E-state index contributed by atoms with van der Waals surface area (Å²) >= 11 is 0. The van der Waals surface area contributed by atoms with E-state index in [-0.39, 0.29) is 5.69 Å². The molecule has 3 aromatic rings. The maximum atomic E-state index is 10.8. The Hall–Kier alpha value is -3.14. The van der Waals surface area contributed by atoms with Gasteiger partial charge in [0.1, 0.15) is 12.4 Å². The summed E-state index contributed by atoms with van der Waals surface area (Å²) in [5.74, 6) is 0.734. The Bertz CT molecular complexity index is 840. The molecule has 0 heterocycles. The predicted octanol–water partition coefficient (Wildman–Crippen LogP) is 5.15. The van der Waals surface area contributed by atoms with Gasteiger partial charge in [0, 0.05) is 12.1 Å². The van der Waals surface area contributed by atoms with Gasteiger partial charge in [0.05, 0.1) is 4.92 Å². The van der Waals surface area contributed by atoms with E-state index in [1.165, 1.54) is 17.7 Å². The summed E-state index contributed by atoms with van der Waals surface area (Å²) in [4.78, 5) is 10.4. The number of ether oxygens (including phenoxy) is 1. The van der Waals surface area contributed by atoms with E-state index < -0.39 is 4.92 Å². The van der Waals surface area contributed by atoms with Gasteiger partial charge in [-0.1, -0.05) is 54.1 Å².